The van der Waals surface area contributed by atoms with Crippen molar-refractivity contribution in [2.24, 2.45) is 11.3 Å². The molecule has 2 aliphatic rings. The van der Waals surface area contributed by atoms with Crippen molar-refractivity contribution in [3.8, 4) is 0 Å². The molecular weight excluding hydrogens is 198 g/mol. The summed E-state index contributed by atoms with van der Waals surface area (Å²) in [5.41, 5.74) is 0.571. The van der Waals surface area contributed by atoms with Crippen LogP contribution in [0.15, 0.2) is 0 Å². The quantitative estimate of drug-likeness (QED) is 0.774. The molecule has 16 heavy (non-hydrogen) atoms. The number of aliphatic hydroxyl groups is 1. The van der Waals surface area contributed by atoms with Gasteiger partial charge in [-0.05, 0) is 62.8 Å². The number of hydrogen-bond donors (Lipinski definition) is 2. The highest BCUT2D eigenvalue weighted by Gasteiger charge is 2.28. The van der Waals surface area contributed by atoms with Crippen LogP contribution in [0.25, 0.3) is 0 Å². The molecule has 2 rings (SSSR count). The average Bonchev–Trinajstić information content (AvgIpc) is 2.63. The summed E-state index contributed by atoms with van der Waals surface area (Å²) < 4.78 is 0. The molecule has 2 unspecified atom stereocenters. The maximum atomic E-state index is 9.48. The molecule has 0 spiro atoms. The van der Waals surface area contributed by atoms with Gasteiger partial charge >= 0.3 is 0 Å². The van der Waals surface area contributed by atoms with Gasteiger partial charge in [-0.1, -0.05) is 13.8 Å². The fourth-order valence-electron chi connectivity index (χ4n) is 3.17. The summed E-state index contributed by atoms with van der Waals surface area (Å²) in [6.07, 6.45) is 8.62. The largest absolute Gasteiger partial charge is 0.393 e. The van der Waals surface area contributed by atoms with Crippen LogP contribution in [0.2, 0.25) is 0 Å². The number of hydrogen-bond acceptors (Lipinski definition) is 2. The average molecular weight is 225 g/mol. The van der Waals surface area contributed by atoms with Gasteiger partial charge in [0.15, 0.2) is 0 Å². The fourth-order valence-corrected chi connectivity index (χ4v) is 3.17. The highest BCUT2D eigenvalue weighted by molar-refractivity contribution is 4.84. The lowest BCUT2D eigenvalue weighted by molar-refractivity contribution is 0.174. The van der Waals surface area contributed by atoms with Gasteiger partial charge in [0, 0.05) is 6.04 Å². The Bertz CT molecular complexity index is 217. The fraction of sp³-hybridized carbons (Fsp3) is 1.00. The Morgan fingerprint density at radius 3 is 2.38 bits per heavy atom. The third-order valence-electron chi connectivity index (χ3n) is 4.55. The van der Waals surface area contributed by atoms with Crippen LogP contribution in [0.1, 0.15) is 58.8 Å². The van der Waals surface area contributed by atoms with Gasteiger partial charge in [-0.3, -0.25) is 0 Å². The van der Waals surface area contributed by atoms with Gasteiger partial charge in [0.05, 0.1) is 6.10 Å². The van der Waals surface area contributed by atoms with E-state index in [1.54, 1.807) is 0 Å². The molecule has 0 aromatic heterocycles. The van der Waals surface area contributed by atoms with Crippen molar-refractivity contribution in [3.05, 3.63) is 0 Å². The molecule has 0 radical (unpaired) electrons. The molecule has 2 saturated carbocycles. The first-order chi connectivity index (χ1) is 7.55. The summed E-state index contributed by atoms with van der Waals surface area (Å²) in [5.74, 6) is 0.727. The summed E-state index contributed by atoms with van der Waals surface area (Å²) in [7, 11) is 0. The maximum absolute atomic E-state index is 9.48. The zero-order chi connectivity index (χ0) is 11.6. The van der Waals surface area contributed by atoms with Crippen molar-refractivity contribution in [2.45, 2.75) is 70.9 Å². The van der Waals surface area contributed by atoms with Crippen LogP contribution in [0, 0.1) is 11.3 Å². The van der Waals surface area contributed by atoms with E-state index in [2.05, 4.69) is 19.2 Å². The standard InChI is InChI=1S/C14H27NO/c1-14(2)7-5-12(6-8-14)15-10-11-3-4-13(16)9-11/h11-13,15-16H,3-10H2,1-2H3. The van der Waals surface area contributed by atoms with E-state index in [4.69, 9.17) is 0 Å². The third kappa shape index (κ3) is 3.46. The molecule has 2 heteroatoms. The number of nitrogens with one attached hydrogen (secondary N) is 1. The first kappa shape index (κ1) is 12.4. The summed E-state index contributed by atoms with van der Waals surface area (Å²) in [6.45, 7) is 5.90. The number of aliphatic hydroxyl groups excluding tert-OH is 1. The predicted molar refractivity (Wildman–Crippen MR) is 67.4 cm³/mol. The van der Waals surface area contributed by atoms with Gasteiger partial charge in [-0.2, -0.15) is 0 Å². The van der Waals surface area contributed by atoms with E-state index in [1.807, 2.05) is 0 Å². The Kier molecular flexibility index (Phi) is 3.91. The van der Waals surface area contributed by atoms with Gasteiger partial charge in [-0.25, -0.2) is 0 Å². The van der Waals surface area contributed by atoms with E-state index in [-0.39, 0.29) is 6.10 Å². The Morgan fingerprint density at radius 1 is 1.12 bits per heavy atom. The van der Waals surface area contributed by atoms with Gasteiger partial charge in [0.25, 0.3) is 0 Å². The van der Waals surface area contributed by atoms with Crippen LogP contribution in [-0.4, -0.2) is 23.8 Å². The van der Waals surface area contributed by atoms with Crippen LogP contribution >= 0.6 is 0 Å². The Morgan fingerprint density at radius 2 is 1.81 bits per heavy atom. The zero-order valence-electron chi connectivity index (χ0n) is 10.8. The summed E-state index contributed by atoms with van der Waals surface area (Å²) in [5, 5.41) is 13.2. The summed E-state index contributed by atoms with van der Waals surface area (Å²) >= 11 is 0. The molecule has 2 atom stereocenters. The topological polar surface area (TPSA) is 32.3 Å². The van der Waals surface area contributed by atoms with Gasteiger partial charge in [0.2, 0.25) is 0 Å². The van der Waals surface area contributed by atoms with Crippen LogP contribution < -0.4 is 5.32 Å². The maximum Gasteiger partial charge on any atom is 0.0543 e. The second-order valence-electron chi connectivity index (χ2n) is 6.68. The second-order valence-corrected chi connectivity index (χ2v) is 6.68. The molecule has 0 saturated heterocycles. The van der Waals surface area contributed by atoms with Gasteiger partial charge < -0.3 is 10.4 Å². The first-order valence-corrected chi connectivity index (χ1v) is 6.97. The minimum atomic E-state index is -0.0166. The lowest BCUT2D eigenvalue weighted by atomic mass is 9.75. The van der Waals surface area contributed by atoms with E-state index < -0.39 is 0 Å². The van der Waals surface area contributed by atoms with E-state index >= 15 is 0 Å². The van der Waals surface area contributed by atoms with E-state index in [0.29, 0.717) is 5.41 Å². The van der Waals surface area contributed by atoms with Crippen molar-refractivity contribution in [1.82, 2.24) is 5.32 Å². The Hall–Kier alpha value is -0.0800. The zero-order valence-corrected chi connectivity index (χ0v) is 10.8. The van der Waals surface area contributed by atoms with Crippen molar-refractivity contribution >= 4 is 0 Å². The van der Waals surface area contributed by atoms with E-state index in [0.717, 1.165) is 31.3 Å². The lowest BCUT2D eigenvalue weighted by Crippen LogP contribution is -2.37. The van der Waals surface area contributed by atoms with Crippen LogP contribution in [0.3, 0.4) is 0 Å². The molecule has 2 N–H and O–H groups in total. The normalized spacial score (nSPS) is 35.4. The highest BCUT2D eigenvalue weighted by atomic mass is 16.3. The minimum Gasteiger partial charge on any atom is -0.393 e. The molecule has 94 valence electrons. The predicted octanol–water partition coefficient (Wildman–Crippen LogP) is 2.71. The monoisotopic (exact) mass is 225 g/mol. The molecule has 0 aliphatic heterocycles. The van der Waals surface area contributed by atoms with E-state index in [9.17, 15) is 5.11 Å². The first-order valence-electron chi connectivity index (χ1n) is 6.97. The van der Waals surface area contributed by atoms with E-state index in [1.165, 1.54) is 32.1 Å². The molecule has 2 fully saturated rings. The Balaban J connectivity index is 1.64. The lowest BCUT2D eigenvalue weighted by Gasteiger charge is -2.35. The van der Waals surface area contributed by atoms with Crippen molar-refractivity contribution in [1.29, 1.82) is 0 Å². The second kappa shape index (κ2) is 5.05. The minimum absolute atomic E-state index is 0.0166. The van der Waals surface area contributed by atoms with Crippen molar-refractivity contribution in [2.75, 3.05) is 6.54 Å². The van der Waals surface area contributed by atoms with Crippen LogP contribution in [0.4, 0.5) is 0 Å². The molecule has 2 aliphatic carbocycles. The third-order valence-corrected chi connectivity index (χ3v) is 4.55. The smallest absolute Gasteiger partial charge is 0.0543 e. The summed E-state index contributed by atoms with van der Waals surface area (Å²) in [4.78, 5) is 0. The molecule has 0 aromatic carbocycles. The Labute approximate surface area is 99.8 Å². The molecule has 2 nitrogen and oxygen atoms in total. The van der Waals surface area contributed by atoms with Crippen LogP contribution in [-0.2, 0) is 0 Å². The summed E-state index contributed by atoms with van der Waals surface area (Å²) in [6, 6.07) is 0.741. The van der Waals surface area contributed by atoms with Crippen molar-refractivity contribution in [3.63, 3.8) is 0 Å². The van der Waals surface area contributed by atoms with Crippen LogP contribution in [0.5, 0.6) is 0 Å². The van der Waals surface area contributed by atoms with Gasteiger partial charge in [-0.15, -0.1) is 0 Å². The molecule has 0 amide bonds. The molecular formula is C14H27NO. The SMILES string of the molecule is CC1(C)CCC(NCC2CCC(O)C2)CC1. The van der Waals surface area contributed by atoms with Crippen molar-refractivity contribution < 1.29 is 5.11 Å². The molecule has 0 heterocycles. The number of rotatable bonds is 3. The highest BCUT2D eigenvalue weighted by Crippen LogP contribution is 2.35. The van der Waals surface area contributed by atoms with Gasteiger partial charge in [0.1, 0.15) is 0 Å². The molecule has 0 aromatic rings. The molecule has 0 bridgehead atoms.